The molecule has 0 saturated carbocycles. The molecule has 252 valence electrons. The first-order valence-corrected chi connectivity index (χ1v) is 16.6. The number of piperidine rings is 1. The van der Waals surface area contributed by atoms with E-state index in [2.05, 4.69) is 14.9 Å². The zero-order valence-corrected chi connectivity index (χ0v) is 26.6. The molecule has 8 nitrogen and oxygen atoms in total. The maximum atomic E-state index is 16.7. The quantitative estimate of drug-likeness (QED) is 0.102. The fourth-order valence-corrected chi connectivity index (χ4v) is 7.75. The molecule has 0 spiro atoms. The summed E-state index contributed by atoms with van der Waals surface area (Å²) in [6.45, 7) is 3.08. The van der Waals surface area contributed by atoms with Crippen molar-refractivity contribution in [3.8, 4) is 23.0 Å². The number of halogens is 4. The lowest BCUT2D eigenvalue weighted by molar-refractivity contribution is -0.139. The summed E-state index contributed by atoms with van der Waals surface area (Å²) in [7, 11) is 0. The van der Waals surface area contributed by atoms with E-state index in [0.717, 1.165) is 44.8 Å². The Hall–Kier alpha value is -4.84. The molecular weight excluding hydrogens is 638 g/mol. The molecule has 8 rings (SSSR count). The van der Waals surface area contributed by atoms with E-state index in [1.807, 2.05) is 4.90 Å². The van der Waals surface area contributed by atoms with Crippen molar-refractivity contribution in [3.05, 3.63) is 84.1 Å². The summed E-state index contributed by atoms with van der Waals surface area (Å²) in [6.07, 6.45) is 6.34. The molecule has 0 unspecified atom stereocenters. The number of fused-ring (bicyclic) bond motifs is 3. The van der Waals surface area contributed by atoms with Gasteiger partial charge in [0.2, 0.25) is 5.82 Å². The SMILES string of the molecule is O=C(Oc1cccc(F)c1F)C1CCN(c2nc(OCC34CCCN3CCC4)nc3c(F)c(-c4cccc5cccc(F)c45)ncc23)CC1. The van der Waals surface area contributed by atoms with Crippen LogP contribution >= 0.6 is 0 Å². The first-order valence-electron chi connectivity index (χ1n) is 16.6. The molecule has 0 aliphatic carbocycles. The molecule has 12 heteroatoms. The molecular formula is C37H33F4N5O3. The van der Waals surface area contributed by atoms with Crippen LogP contribution in [0.4, 0.5) is 23.4 Å². The second-order valence-corrected chi connectivity index (χ2v) is 13.1. The van der Waals surface area contributed by atoms with Crippen molar-refractivity contribution >= 4 is 33.5 Å². The van der Waals surface area contributed by atoms with Crippen LogP contribution in [0, 0.1) is 29.2 Å². The number of hydrogen-bond donors (Lipinski definition) is 0. The zero-order chi connectivity index (χ0) is 33.7. The van der Waals surface area contributed by atoms with Crippen molar-refractivity contribution in [3.63, 3.8) is 0 Å². The molecule has 0 radical (unpaired) electrons. The summed E-state index contributed by atoms with van der Waals surface area (Å²) in [4.78, 5) is 31.1. The van der Waals surface area contributed by atoms with Gasteiger partial charge in [-0.25, -0.2) is 13.2 Å². The fourth-order valence-electron chi connectivity index (χ4n) is 7.75. The van der Waals surface area contributed by atoms with Crippen LogP contribution in [0.5, 0.6) is 11.8 Å². The summed E-state index contributed by atoms with van der Waals surface area (Å²) in [5, 5.41) is 1.22. The van der Waals surface area contributed by atoms with Crippen molar-refractivity contribution in [2.24, 2.45) is 5.92 Å². The van der Waals surface area contributed by atoms with Crippen molar-refractivity contribution in [1.29, 1.82) is 0 Å². The number of carbonyl (C=O) groups excluding carboxylic acids is 1. The van der Waals surface area contributed by atoms with Gasteiger partial charge in [-0.3, -0.25) is 14.7 Å². The topological polar surface area (TPSA) is 80.7 Å². The third-order valence-corrected chi connectivity index (χ3v) is 10.3. The number of aromatic nitrogens is 3. The molecule has 49 heavy (non-hydrogen) atoms. The van der Waals surface area contributed by atoms with E-state index in [9.17, 15) is 13.6 Å². The predicted molar refractivity (Wildman–Crippen MR) is 175 cm³/mol. The van der Waals surface area contributed by atoms with Gasteiger partial charge in [-0.15, -0.1) is 0 Å². The Balaban J connectivity index is 1.13. The highest BCUT2D eigenvalue weighted by atomic mass is 19.2. The summed E-state index contributed by atoms with van der Waals surface area (Å²) in [6, 6.07) is 13.3. The lowest BCUT2D eigenvalue weighted by Crippen LogP contribution is -2.43. The second kappa shape index (κ2) is 12.6. The largest absolute Gasteiger partial charge is 0.461 e. The average molecular weight is 672 g/mol. The average Bonchev–Trinajstić information content (AvgIpc) is 3.70. The van der Waals surface area contributed by atoms with Crippen molar-refractivity contribution < 1.29 is 31.8 Å². The molecule has 0 amide bonds. The van der Waals surface area contributed by atoms with E-state index in [-0.39, 0.29) is 28.1 Å². The molecule has 3 aliphatic rings. The van der Waals surface area contributed by atoms with E-state index in [4.69, 9.17) is 14.5 Å². The van der Waals surface area contributed by atoms with E-state index >= 15 is 8.78 Å². The van der Waals surface area contributed by atoms with Gasteiger partial charge in [0.05, 0.1) is 16.8 Å². The number of ether oxygens (including phenoxy) is 2. The molecule has 3 fully saturated rings. The molecule has 3 saturated heterocycles. The molecule has 5 heterocycles. The van der Waals surface area contributed by atoms with Crippen LogP contribution in [-0.4, -0.2) is 64.1 Å². The molecule has 5 aromatic rings. The number of benzene rings is 3. The predicted octanol–water partition coefficient (Wildman–Crippen LogP) is 7.23. The lowest BCUT2D eigenvalue weighted by Gasteiger charge is -2.33. The van der Waals surface area contributed by atoms with Gasteiger partial charge in [-0.1, -0.05) is 36.4 Å². The Bertz CT molecular complexity index is 2070. The van der Waals surface area contributed by atoms with Crippen LogP contribution in [0.2, 0.25) is 0 Å². The zero-order valence-electron chi connectivity index (χ0n) is 26.6. The third kappa shape index (κ3) is 5.61. The molecule has 3 aromatic carbocycles. The first kappa shape index (κ1) is 31.4. The van der Waals surface area contributed by atoms with Crippen LogP contribution in [0.25, 0.3) is 32.9 Å². The molecule has 2 aromatic heterocycles. The smallest absolute Gasteiger partial charge is 0.319 e. The summed E-state index contributed by atoms with van der Waals surface area (Å²) < 4.78 is 71.1. The molecule has 0 atom stereocenters. The number of carbonyl (C=O) groups is 1. The Morgan fingerprint density at radius 1 is 0.857 bits per heavy atom. The van der Waals surface area contributed by atoms with E-state index in [1.165, 1.54) is 24.4 Å². The molecule has 0 bridgehead atoms. The minimum Gasteiger partial charge on any atom is -0.461 e. The Morgan fingerprint density at radius 2 is 1.57 bits per heavy atom. The molecule has 0 N–H and O–H groups in total. The number of esters is 1. The van der Waals surface area contributed by atoms with Gasteiger partial charge in [0, 0.05) is 30.2 Å². The highest BCUT2D eigenvalue weighted by molar-refractivity contribution is 5.99. The maximum absolute atomic E-state index is 16.7. The van der Waals surface area contributed by atoms with E-state index in [1.54, 1.807) is 30.3 Å². The highest BCUT2D eigenvalue weighted by Crippen LogP contribution is 2.40. The van der Waals surface area contributed by atoms with Crippen LogP contribution in [0.3, 0.4) is 0 Å². The monoisotopic (exact) mass is 671 g/mol. The number of nitrogens with zero attached hydrogens (tertiary/aromatic N) is 5. The first-order chi connectivity index (χ1) is 23.8. The van der Waals surface area contributed by atoms with Crippen molar-refractivity contribution in [1.82, 2.24) is 19.9 Å². The second-order valence-electron chi connectivity index (χ2n) is 13.1. The summed E-state index contributed by atoms with van der Waals surface area (Å²) in [5.74, 6) is -4.81. The van der Waals surface area contributed by atoms with Gasteiger partial charge in [-0.2, -0.15) is 14.4 Å². The van der Waals surface area contributed by atoms with Gasteiger partial charge in [0.1, 0.15) is 29.5 Å². The van der Waals surface area contributed by atoms with Crippen LogP contribution in [0.15, 0.2) is 60.8 Å². The van der Waals surface area contributed by atoms with Crippen molar-refractivity contribution in [2.75, 3.05) is 37.7 Å². The summed E-state index contributed by atoms with van der Waals surface area (Å²) >= 11 is 0. The lowest BCUT2D eigenvalue weighted by atomic mass is 9.95. The minimum absolute atomic E-state index is 0.00588. The van der Waals surface area contributed by atoms with E-state index in [0.29, 0.717) is 54.7 Å². The number of anilines is 1. The Labute approximate surface area is 279 Å². The minimum atomic E-state index is -1.22. The van der Waals surface area contributed by atoms with Gasteiger partial charge in [-0.05, 0) is 75.2 Å². The fraction of sp³-hybridized carbons (Fsp3) is 0.351. The Kier molecular flexibility index (Phi) is 8.05. The number of pyridine rings is 1. The van der Waals surface area contributed by atoms with Gasteiger partial charge < -0.3 is 14.4 Å². The van der Waals surface area contributed by atoms with E-state index < -0.39 is 40.9 Å². The standard InChI is InChI=1S/C37H33F4N5O3/c38-26-9-2-7-22-6-1-8-24(29(22)26)32-31(41)33-25(20-42-32)34(44-36(43-33)48-21-37-14-4-16-46(37)17-5-15-37)45-18-12-23(13-19-45)35(47)49-28-11-3-10-27(39)30(28)40/h1-3,6-11,20,23H,4-5,12-19,21H2. The maximum Gasteiger partial charge on any atom is 0.319 e. The van der Waals surface area contributed by atoms with Crippen molar-refractivity contribution in [2.45, 2.75) is 44.1 Å². The van der Waals surface area contributed by atoms with Crippen LogP contribution < -0.4 is 14.4 Å². The normalized spacial score (nSPS) is 17.9. The van der Waals surface area contributed by atoms with Gasteiger partial charge in [0.15, 0.2) is 17.4 Å². The number of hydrogen-bond acceptors (Lipinski definition) is 8. The highest BCUT2D eigenvalue weighted by Gasteiger charge is 2.45. The Morgan fingerprint density at radius 3 is 2.35 bits per heavy atom. The number of rotatable bonds is 7. The van der Waals surface area contributed by atoms with Gasteiger partial charge >= 0.3 is 12.0 Å². The van der Waals surface area contributed by atoms with Crippen LogP contribution in [0.1, 0.15) is 38.5 Å². The third-order valence-electron chi connectivity index (χ3n) is 10.3. The van der Waals surface area contributed by atoms with Gasteiger partial charge in [0.25, 0.3) is 0 Å². The summed E-state index contributed by atoms with van der Waals surface area (Å²) in [5.41, 5.74) is 0.161. The van der Waals surface area contributed by atoms with Crippen LogP contribution in [-0.2, 0) is 4.79 Å². The molecule has 3 aliphatic heterocycles.